The van der Waals surface area contributed by atoms with Crippen LogP contribution in [-0.4, -0.2) is 75.7 Å². The van der Waals surface area contributed by atoms with Crippen LogP contribution in [0, 0.1) is 17.8 Å². The highest BCUT2D eigenvalue weighted by atomic mass is 32.2. The lowest BCUT2D eigenvalue weighted by atomic mass is 9.79. The Labute approximate surface area is 215 Å². The molecule has 0 unspecified atom stereocenters. The summed E-state index contributed by atoms with van der Waals surface area (Å²) in [5.41, 5.74) is -1.37. The van der Waals surface area contributed by atoms with Gasteiger partial charge in [0.1, 0.15) is 12.2 Å². The van der Waals surface area contributed by atoms with Gasteiger partial charge >= 0.3 is 17.9 Å². The van der Waals surface area contributed by atoms with Gasteiger partial charge in [0.05, 0.1) is 29.5 Å². The Morgan fingerprint density at radius 2 is 1.57 bits per heavy atom. The van der Waals surface area contributed by atoms with Gasteiger partial charge in [0.15, 0.2) is 0 Å². The van der Waals surface area contributed by atoms with E-state index in [4.69, 9.17) is 14.2 Å². The molecule has 10 heteroatoms. The van der Waals surface area contributed by atoms with Crippen LogP contribution in [0.15, 0.2) is 30.3 Å². The zero-order valence-electron chi connectivity index (χ0n) is 20.7. The topological polar surface area (TPSA) is 119 Å². The maximum Gasteiger partial charge on any atom is 0.338 e. The summed E-state index contributed by atoms with van der Waals surface area (Å²) in [7, 11) is 0. The molecule has 1 fully saturated rings. The summed E-state index contributed by atoms with van der Waals surface area (Å²) in [5.74, 6) is -1.90. The van der Waals surface area contributed by atoms with Gasteiger partial charge in [-0.3, -0.25) is 9.59 Å². The van der Waals surface area contributed by atoms with Gasteiger partial charge in [-0.1, -0.05) is 32.0 Å². The van der Waals surface area contributed by atoms with Crippen LogP contribution in [0.2, 0.25) is 0 Å². The first-order chi connectivity index (χ1) is 16.6. The number of aliphatic hydroxyl groups is 2. The van der Waals surface area contributed by atoms with E-state index in [0.717, 1.165) is 11.5 Å². The molecule has 0 radical (unpaired) electrons. The first-order valence-electron chi connectivity index (χ1n) is 11.8. The monoisotopic (exact) mass is 528 g/mol. The molecule has 0 aliphatic heterocycles. The van der Waals surface area contributed by atoms with Crippen LogP contribution in [0.5, 0.6) is 0 Å². The Bertz CT molecular complexity index is 830. The number of ether oxygens (including phenoxy) is 3. The summed E-state index contributed by atoms with van der Waals surface area (Å²) in [6.45, 7) is 6.03. The largest absolute Gasteiger partial charge is 0.466 e. The van der Waals surface area contributed by atoms with E-state index in [0.29, 0.717) is 12.0 Å². The van der Waals surface area contributed by atoms with Crippen molar-refractivity contribution in [3.8, 4) is 0 Å². The molecule has 196 valence electrons. The van der Waals surface area contributed by atoms with Crippen molar-refractivity contribution in [1.29, 1.82) is 0 Å². The van der Waals surface area contributed by atoms with Crippen LogP contribution in [-0.2, 0) is 23.8 Å². The number of hydrogen-bond acceptors (Lipinski definition) is 10. The van der Waals surface area contributed by atoms with E-state index in [-0.39, 0.29) is 17.8 Å². The third-order valence-electron chi connectivity index (χ3n) is 6.12. The number of carbonyl (C=O) groups is 3. The lowest BCUT2D eigenvalue weighted by Crippen LogP contribution is -2.53. The fraction of sp³-hybridized carbons (Fsp3) is 0.640. The smallest absolute Gasteiger partial charge is 0.338 e. The average Bonchev–Trinajstić information content (AvgIpc) is 3.11. The number of benzene rings is 1. The van der Waals surface area contributed by atoms with E-state index >= 15 is 0 Å². The Morgan fingerprint density at radius 1 is 1.00 bits per heavy atom. The highest BCUT2D eigenvalue weighted by molar-refractivity contribution is 8.17. The van der Waals surface area contributed by atoms with Gasteiger partial charge in [0.2, 0.25) is 0 Å². The molecule has 1 aromatic rings. The van der Waals surface area contributed by atoms with Gasteiger partial charge in [-0.2, -0.15) is 0 Å². The maximum absolute atomic E-state index is 12.7. The van der Waals surface area contributed by atoms with Crippen LogP contribution in [0.3, 0.4) is 0 Å². The fourth-order valence-corrected chi connectivity index (χ4v) is 7.18. The average molecular weight is 529 g/mol. The SMILES string of the molecule is CCSC(SCC)[C@H](O)[C@H]1[C@@H](COC(C)=O)C[C@@H](COC(C)=O)[C@]1(O)COC(=O)c1ccccc1. The molecule has 0 saturated heterocycles. The van der Waals surface area contributed by atoms with Crippen molar-refractivity contribution in [2.45, 2.75) is 50.4 Å². The quantitative estimate of drug-likeness (QED) is 0.224. The van der Waals surface area contributed by atoms with Crippen LogP contribution in [0.1, 0.15) is 44.5 Å². The van der Waals surface area contributed by atoms with E-state index in [1.54, 1.807) is 53.9 Å². The van der Waals surface area contributed by atoms with Gasteiger partial charge in [0.25, 0.3) is 0 Å². The molecular weight excluding hydrogens is 492 g/mol. The minimum absolute atomic E-state index is 0.0110. The maximum atomic E-state index is 12.7. The highest BCUT2D eigenvalue weighted by Gasteiger charge is 2.59. The number of aliphatic hydroxyl groups excluding tert-OH is 1. The third-order valence-corrected chi connectivity index (χ3v) is 8.82. The Kier molecular flexibility index (Phi) is 11.9. The van der Waals surface area contributed by atoms with Gasteiger partial charge in [-0.25, -0.2) is 4.79 Å². The Balaban J connectivity index is 2.40. The predicted octanol–water partition coefficient (Wildman–Crippen LogP) is 3.15. The number of esters is 3. The summed E-state index contributed by atoms with van der Waals surface area (Å²) >= 11 is 3.13. The molecule has 0 amide bonds. The second-order valence-corrected chi connectivity index (χ2v) is 11.7. The molecule has 0 spiro atoms. The van der Waals surface area contributed by atoms with Crippen molar-refractivity contribution < 1.29 is 38.8 Å². The molecule has 2 rings (SSSR count). The molecule has 1 aliphatic rings. The zero-order chi connectivity index (χ0) is 26.0. The first kappa shape index (κ1) is 29.5. The van der Waals surface area contributed by atoms with Crippen LogP contribution in [0.25, 0.3) is 0 Å². The molecule has 1 aromatic carbocycles. The second kappa shape index (κ2) is 14.1. The molecular formula is C25H36O8S2. The van der Waals surface area contributed by atoms with Crippen LogP contribution >= 0.6 is 23.5 Å². The van der Waals surface area contributed by atoms with Crippen molar-refractivity contribution in [1.82, 2.24) is 0 Å². The summed E-state index contributed by atoms with van der Waals surface area (Å²) in [5, 5.41) is 23.6. The summed E-state index contributed by atoms with van der Waals surface area (Å²) in [6.07, 6.45) is -0.671. The fourth-order valence-electron chi connectivity index (χ4n) is 4.59. The van der Waals surface area contributed by atoms with Crippen LogP contribution < -0.4 is 0 Å². The van der Waals surface area contributed by atoms with Crippen molar-refractivity contribution in [3.05, 3.63) is 35.9 Å². The van der Waals surface area contributed by atoms with Crippen LogP contribution in [0.4, 0.5) is 0 Å². The first-order valence-corrected chi connectivity index (χ1v) is 13.9. The van der Waals surface area contributed by atoms with E-state index < -0.39 is 54.0 Å². The molecule has 0 bridgehead atoms. The van der Waals surface area contributed by atoms with E-state index in [1.807, 2.05) is 13.8 Å². The molecule has 8 nitrogen and oxygen atoms in total. The normalized spacial score (nSPS) is 24.7. The molecule has 0 heterocycles. The molecule has 2 N–H and O–H groups in total. The lowest BCUT2D eigenvalue weighted by Gasteiger charge is -2.40. The summed E-state index contributed by atoms with van der Waals surface area (Å²) in [4.78, 5) is 35.8. The Morgan fingerprint density at radius 3 is 2.11 bits per heavy atom. The number of thioether (sulfide) groups is 2. The molecule has 5 atom stereocenters. The molecule has 35 heavy (non-hydrogen) atoms. The highest BCUT2D eigenvalue weighted by Crippen LogP contribution is 2.50. The number of rotatable bonds is 13. The molecule has 1 saturated carbocycles. The van der Waals surface area contributed by atoms with Gasteiger partial charge in [-0.05, 0) is 30.1 Å². The molecule has 1 aliphatic carbocycles. The second-order valence-electron chi connectivity index (χ2n) is 8.53. The minimum atomic E-state index is -1.70. The lowest BCUT2D eigenvalue weighted by molar-refractivity contribution is -0.154. The number of hydrogen-bond donors (Lipinski definition) is 2. The summed E-state index contributed by atoms with van der Waals surface area (Å²) in [6, 6.07) is 8.42. The van der Waals surface area contributed by atoms with Crippen molar-refractivity contribution in [2.75, 3.05) is 31.3 Å². The van der Waals surface area contributed by atoms with E-state index in [1.165, 1.54) is 13.8 Å². The van der Waals surface area contributed by atoms with Crippen molar-refractivity contribution in [2.24, 2.45) is 17.8 Å². The third kappa shape index (κ3) is 8.13. The van der Waals surface area contributed by atoms with E-state index in [9.17, 15) is 24.6 Å². The van der Waals surface area contributed by atoms with Crippen molar-refractivity contribution in [3.63, 3.8) is 0 Å². The van der Waals surface area contributed by atoms with Gasteiger partial charge in [0, 0.05) is 31.6 Å². The Hall–Kier alpha value is -1.75. The minimum Gasteiger partial charge on any atom is -0.466 e. The predicted molar refractivity (Wildman–Crippen MR) is 136 cm³/mol. The number of carbonyl (C=O) groups excluding carboxylic acids is 3. The van der Waals surface area contributed by atoms with E-state index in [2.05, 4.69) is 0 Å². The van der Waals surface area contributed by atoms with Gasteiger partial charge in [-0.15, -0.1) is 23.5 Å². The standard InChI is InChI=1S/C25H36O8S2/c1-5-34-24(35-6-2)22(28)21-19(13-31-16(3)26)12-20(14-32-17(4)27)25(21,30)15-33-23(29)18-10-8-7-9-11-18/h7-11,19-22,24,28,30H,5-6,12-15H2,1-4H3/t19-,20+,21-,22-,25-/m1/s1. The van der Waals surface area contributed by atoms with Gasteiger partial charge < -0.3 is 24.4 Å². The van der Waals surface area contributed by atoms with Crippen molar-refractivity contribution >= 4 is 41.4 Å². The zero-order valence-corrected chi connectivity index (χ0v) is 22.3. The molecule has 0 aromatic heterocycles. The summed E-state index contributed by atoms with van der Waals surface area (Å²) < 4.78 is 15.8.